The summed E-state index contributed by atoms with van der Waals surface area (Å²) in [6.07, 6.45) is 5.54. The largest absolute Gasteiger partial charge is 0.313 e. The summed E-state index contributed by atoms with van der Waals surface area (Å²) in [5.74, 6) is 0.816. The predicted octanol–water partition coefficient (Wildman–Crippen LogP) is 3.09. The Kier molecular flexibility index (Phi) is 8.67. The summed E-state index contributed by atoms with van der Waals surface area (Å²) in [4.78, 5) is 0. The average molecular weight is 196 g/mol. The molecule has 1 unspecified atom stereocenters. The van der Waals surface area contributed by atoms with Gasteiger partial charge >= 0.3 is 0 Å². The number of nitrogens with one attached hydrogen (secondary N) is 1. The number of hydrogen-bond donors (Lipinski definition) is 1. The third kappa shape index (κ3) is 8.07. The first-order valence-corrected chi connectivity index (χ1v) is 5.81. The predicted molar refractivity (Wildman–Crippen MR) is 61.0 cm³/mol. The fraction of sp³-hybridized carbons (Fsp3) is 0.917. The van der Waals surface area contributed by atoms with E-state index in [-0.39, 0.29) is 0 Å². The van der Waals surface area contributed by atoms with Crippen LogP contribution in [-0.4, -0.2) is 12.6 Å². The first-order valence-electron chi connectivity index (χ1n) is 5.81. The minimum atomic E-state index is 0.402. The zero-order valence-electron chi connectivity index (χ0n) is 9.84. The molecular weight excluding hydrogens is 172 g/mol. The monoisotopic (exact) mass is 196 g/mol. The quantitative estimate of drug-likeness (QED) is 0.605. The Morgan fingerprint density at radius 3 is 2.50 bits per heavy atom. The number of rotatable bonds is 8. The van der Waals surface area contributed by atoms with Crippen molar-refractivity contribution in [1.29, 1.82) is 5.26 Å². The molecule has 2 heteroatoms. The van der Waals surface area contributed by atoms with Crippen LogP contribution in [0.5, 0.6) is 0 Å². The van der Waals surface area contributed by atoms with Crippen molar-refractivity contribution in [2.45, 2.75) is 58.9 Å². The molecule has 0 aliphatic heterocycles. The molecule has 0 aromatic carbocycles. The van der Waals surface area contributed by atoms with Crippen molar-refractivity contribution in [3.05, 3.63) is 0 Å². The van der Waals surface area contributed by atoms with Gasteiger partial charge in [-0.1, -0.05) is 33.6 Å². The van der Waals surface area contributed by atoms with Gasteiger partial charge in [-0.15, -0.1) is 0 Å². The zero-order chi connectivity index (χ0) is 10.8. The van der Waals surface area contributed by atoms with Gasteiger partial charge in [0.05, 0.1) is 12.5 Å². The lowest BCUT2D eigenvalue weighted by Crippen LogP contribution is -2.28. The van der Waals surface area contributed by atoms with E-state index in [1.807, 2.05) is 0 Å². The third-order valence-electron chi connectivity index (χ3n) is 2.47. The lowest BCUT2D eigenvalue weighted by atomic mass is 10.1. The number of nitriles is 1. The second-order valence-electron chi connectivity index (χ2n) is 4.31. The maximum absolute atomic E-state index is 8.55. The fourth-order valence-electron chi connectivity index (χ4n) is 1.45. The molecule has 0 aromatic heterocycles. The average Bonchev–Trinajstić information content (AvgIpc) is 2.15. The smallest absolute Gasteiger partial charge is 0.0638 e. The Bertz CT molecular complexity index is 158. The lowest BCUT2D eigenvalue weighted by Gasteiger charge is -2.13. The number of hydrogen-bond acceptors (Lipinski definition) is 2. The molecule has 1 N–H and O–H groups in total. The Hall–Kier alpha value is -0.550. The van der Waals surface area contributed by atoms with Crippen LogP contribution in [0.15, 0.2) is 0 Å². The maximum atomic E-state index is 8.55. The first-order chi connectivity index (χ1) is 6.70. The lowest BCUT2D eigenvalue weighted by molar-refractivity contribution is 0.470. The molecule has 0 rings (SSSR count). The van der Waals surface area contributed by atoms with Crippen LogP contribution in [0.3, 0.4) is 0 Å². The van der Waals surface area contributed by atoms with Crippen molar-refractivity contribution in [1.82, 2.24) is 5.32 Å². The van der Waals surface area contributed by atoms with Crippen LogP contribution in [0.25, 0.3) is 0 Å². The molecule has 0 spiro atoms. The minimum Gasteiger partial charge on any atom is -0.313 e. The molecule has 0 heterocycles. The highest BCUT2D eigenvalue weighted by Gasteiger charge is 2.03. The summed E-state index contributed by atoms with van der Waals surface area (Å²) in [6, 6.07) is 2.62. The fourth-order valence-corrected chi connectivity index (χ4v) is 1.45. The number of unbranched alkanes of at least 4 members (excludes halogenated alkanes) is 1. The highest BCUT2D eigenvalue weighted by atomic mass is 14.9. The van der Waals surface area contributed by atoms with E-state index in [1.54, 1.807) is 0 Å². The molecule has 0 bridgehead atoms. The highest BCUT2D eigenvalue weighted by Crippen LogP contribution is 2.05. The highest BCUT2D eigenvalue weighted by molar-refractivity contribution is 4.79. The van der Waals surface area contributed by atoms with Crippen molar-refractivity contribution < 1.29 is 0 Å². The summed E-state index contributed by atoms with van der Waals surface area (Å²) in [6.45, 7) is 7.71. The van der Waals surface area contributed by atoms with Crippen LogP contribution < -0.4 is 5.32 Å². The van der Waals surface area contributed by atoms with E-state index in [1.165, 1.54) is 19.3 Å². The molecule has 0 saturated carbocycles. The summed E-state index contributed by atoms with van der Waals surface area (Å²) in [5, 5.41) is 12.0. The molecule has 0 amide bonds. The van der Waals surface area contributed by atoms with Gasteiger partial charge in [-0.2, -0.15) is 5.26 Å². The summed E-state index contributed by atoms with van der Waals surface area (Å²) >= 11 is 0. The minimum absolute atomic E-state index is 0.402. The Balaban J connectivity index is 3.29. The first kappa shape index (κ1) is 13.4. The van der Waals surface area contributed by atoms with Crippen molar-refractivity contribution in [3.63, 3.8) is 0 Å². The molecule has 2 nitrogen and oxygen atoms in total. The normalized spacial score (nSPS) is 12.8. The summed E-state index contributed by atoms with van der Waals surface area (Å²) in [5.41, 5.74) is 0. The van der Waals surface area contributed by atoms with Gasteiger partial charge in [0.1, 0.15) is 0 Å². The molecule has 0 aromatic rings. The van der Waals surface area contributed by atoms with Gasteiger partial charge < -0.3 is 5.32 Å². The van der Waals surface area contributed by atoms with Crippen LogP contribution in [-0.2, 0) is 0 Å². The van der Waals surface area contributed by atoms with E-state index < -0.39 is 0 Å². The second-order valence-corrected chi connectivity index (χ2v) is 4.31. The van der Waals surface area contributed by atoms with E-state index in [0.29, 0.717) is 12.5 Å². The van der Waals surface area contributed by atoms with E-state index in [2.05, 4.69) is 32.2 Å². The van der Waals surface area contributed by atoms with Crippen LogP contribution >= 0.6 is 0 Å². The molecule has 0 aliphatic carbocycles. The third-order valence-corrected chi connectivity index (χ3v) is 2.47. The summed E-state index contributed by atoms with van der Waals surface area (Å²) < 4.78 is 0. The molecule has 82 valence electrons. The van der Waals surface area contributed by atoms with Gasteiger partial charge in [-0.3, -0.25) is 0 Å². The molecule has 1 atom stereocenters. The van der Waals surface area contributed by atoms with Gasteiger partial charge in [0.15, 0.2) is 0 Å². The SMILES string of the molecule is CCC(CC#N)NCCCCC(C)C. The van der Waals surface area contributed by atoms with Gasteiger partial charge in [0.2, 0.25) is 0 Å². The molecule has 0 radical (unpaired) electrons. The van der Waals surface area contributed by atoms with Crippen LogP contribution in [0.1, 0.15) is 52.9 Å². The van der Waals surface area contributed by atoms with Gasteiger partial charge in [0, 0.05) is 6.04 Å². The molecule has 0 saturated heterocycles. The van der Waals surface area contributed by atoms with E-state index in [0.717, 1.165) is 18.9 Å². The summed E-state index contributed by atoms with van der Waals surface area (Å²) in [7, 11) is 0. The van der Waals surface area contributed by atoms with E-state index in [9.17, 15) is 0 Å². The van der Waals surface area contributed by atoms with E-state index >= 15 is 0 Å². The number of nitrogens with zero attached hydrogens (tertiary/aromatic N) is 1. The van der Waals surface area contributed by atoms with Crippen molar-refractivity contribution in [2.75, 3.05) is 6.54 Å². The molecule has 0 aliphatic rings. The van der Waals surface area contributed by atoms with Crippen molar-refractivity contribution in [2.24, 2.45) is 5.92 Å². The topological polar surface area (TPSA) is 35.8 Å². The van der Waals surface area contributed by atoms with Crippen molar-refractivity contribution >= 4 is 0 Å². The van der Waals surface area contributed by atoms with Crippen LogP contribution in [0, 0.1) is 17.2 Å². The Morgan fingerprint density at radius 1 is 1.29 bits per heavy atom. The Labute approximate surface area is 88.7 Å². The van der Waals surface area contributed by atoms with Crippen molar-refractivity contribution in [3.8, 4) is 6.07 Å². The van der Waals surface area contributed by atoms with Gasteiger partial charge in [-0.25, -0.2) is 0 Å². The van der Waals surface area contributed by atoms with Crippen LogP contribution in [0.2, 0.25) is 0 Å². The van der Waals surface area contributed by atoms with Crippen LogP contribution in [0.4, 0.5) is 0 Å². The van der Waals surface area contributed by atoms with E-state index in [4.69, 9.17) is 5.26 Å². The Morgan fingerprint density at radius 2 is 2.00 bits per heavy atom. The van der Waals surface area contributed by atoms with Gasteiger partial charge in [-0.05, 0) is 25.3 Å². The molecular formula is C12H24N2. The maximum Gasteiger partial charge on any atom is 0.0638 e. The zero-order valence-corrected chi connectivity index (χ0v) is 9.84. The standard InChI is InChI=1S/C12H24N2/c1-4-12(8-9-13)14-10-6-5-7-11(2)3/h11-12,14H,4-8,10H2,1-3H3. The van der Waals surface area contributed by atoms with Gasteiger partial charge in [0.25, 0.3) is 0 Å². The molecule has 14 heavy (non-hydrogen) atoms. The second kappa shape index (κ2) is 9.02. The molecule has 0 fully saturated rings.